The van der Waals surface area contributed by atoms with E-state index >= 15 is 0 Å². The second-order valence-electron chi connectivity index (χ2n) is 6.52. The van der Waals surface area contributed by atoms with E-state index in [9.17, 15) is 0 Å². The highest BCUT2D eigenvalue weighted by Crippen LogP contribution is 2.58. The molecule has 3 saturated carbocycles. The van der Waals surface area contributed by atoms with Crippen LogP contribution in [0.1, 0.15) is 32.1 Å². The maximum absolute atomic E-state index is 3.82. The van der Waals surface area contributed by atoms with Gasteiger partial charge < -0.3 is 10.2 Å². The van der Waals surface area contributed by atoms with Crippen molar-refractivity contribution in [2.75, 3.05) is 27.2 Å². The third kappa shape index (κ3) is 1.80. The highest BCUT2D eigenvalue weighted by Gasteiger charge is 2.53. The summed E-state index contributed by atoms with van der Waals surface area (Å²) in [6, 6.07) is 0.865. The standard InChI is InChI=1S/C14H26N2/c1-16(2)7-6-15-14-9-10-8-13(14)12-5-3-4-11(10)12/h10-15H,3-9H2,1-2H3. The molecule has 0 aromatic rings. The van der Waals surface area contributed by atoms with Crippen LogP contribution in [0.4, 0.5) is 0 Å². The van der Waals surface area contributed by atoms with Gasteiger partial charge in [-0.15, -0.1) is 0 Å². The molecule has 0 spiro atoms. The first-order valence-electron chi connectivity index (χ1n) is 7.14. The largest absolute Gasteiger partial charge is 0.312 e. The molecule has 92 valence electrons. The third-order valence-electron chi connectivity index (χ3n) is 5.39. The van der Waals surface area contributed by atoms with Crippen LogP contribution >= 0.6 is 0 Å². The molecule has 0 amide bonds. The zero-order valence-corrected chi connectivity index (χ0v) is 10.8. The number of nitrogens with one attached hydrogen (secondary N) is 1. The highest BCUT2D eigenvalue weighted by molar-refractivity contribution is 5.05. The topological polar surface area (TPSA) is 15.3 Å². The summed E-state index contributed by atoms with van der Waals surface area (Å²) in [4.78, 5) is 2.28. The van der Waals surface area contributed by atoms with Gasteiger partial charge in [0.25, 0.3) is 0 Å². The molecule has 2 nitrogen and oxygen atoms in total. The smallest absolute Gasteiger partial charge is 0.0101 e. The normalized spacial score (nSPS) is 45.6. The molecule has 2 bridgehead atoms. The van der Waals surface area contributed by atoms with Crippen molar-refractivity contribution in [2.45, 2.75) is 38.1 Å². The average Bonchev–Trinajstić information content (AvgIpc) is 2.87. The van der Waals surface area contributed by atoms with Crippen molar-refractivity contribution in [2.24, 2.45) is 23.7 Å². The van der Waals surface area contributed by atoms with Gasteiger partial charge in [-0.3, -0.25) is 0 Å². The molecule has 1 N–H and O–H groups in total. The molecule has 3 fully saturated rings. The Hall–Kier alpha value is -0.0800. The van der Waals surface area contributed by atoms with Crippen molar-refractivity contribution >= 4 is 0 Å². The van der Waals surface area contributed by atoms with E-state index in [0.717, 1.165) is 29.7 Å². The third-order valence-corrected chi connectivity index (χ3v) is 5.39. The fourth-order valence-corrected chi connectivity index (χ4v) is 4.78. The van der Waals surface area contributed by atoms with Crippen molar-refractivity contribution in [3.8, 4) is 0 Å². The molecule has 3 rings (SSSR count). The van der Waals surface area contributed by atoms with Crippen LogP contribution in [0.2, 0.25) is 0 Å². The summed E-state index contributed by atoms with van der Waals surface area (Å²) < 4.78 is 0. The molecule has 5 atom stereocenters. The first kappa shape index (κ1) is 11.0. The Kier molecular flexibility index (Phi) is 2.97. The molecule has 3 aliphatic carbocycles. The Morgan fingerprint density at radius 3 is 2.69 bits per heavy atom. The molecular weight excluding hydrogens is 196 g/mol. The fraction of sp³-hybridized carbons (Fsp3) is 1.00. The summed E-state index contributed by atoms with van der Waals surface area (Å²) in [7, 11) is 4.32. The van der Waals surface area contributed by atoms with Crippen molar-refractivity contribution < 1.29 is 0 Å². The summed E-state index contributed by atoms with van der Waals surface area (Å²) in [5.41, 5.74) is 0. The van der Waals surface area contributed by atoms with Crippen molar-refractivity contribution in [3.63, 3.8) is 0 Å². The summed E-state index contributed by atoms with van der Waals surface area (Å²) >= 11 is 0. The first-order chi connectivity index (χ1) is 7.75. The Morgan fingerprint density at radius 2 is 1.88 bits per heavy atom. The van der Waals surface area contributed by atoms with Crippen molar-refractivity contribution in [1.29, 1.82) is 0 Å². The molecule has 5 unspecified atom stereocenters. The quantitative estimate of drug-likeness (QED) is 0.782. The van der Waals surface area contributed by atoms with Gasteiger partial charge in [0, 0.05) is 19.1 Å². The minimum absolute atomic E-state index is 0.865. The number of rotatable bonds is 4. The number of hydrogen-bond acceptors (Lipinski definition) is 2. The maximum Gasteiger partial charge on any atom is 0.0101 e. The minimum atomic E-state index is 0.865. The van der Waals surface area contributed by atoms with Crippen LogP contribution in [0.15, 0.2) is 0 Å². The summed E-state index contributed by atoms with van der Waals surface area (Å²) in [5, 5.41) is 3.82. The molecule has 0 aromatic heterocycles. The Bertz CT molecular complexity index is 251. The first-order valence-corrected chi connectivity index (χ1v) is 7.14. The lowest BCUT2D eigenvalue weighted by atomic mass is 9.79. The number of fused-ring (bicyclic) bond motifs is 5. The second kappa shape index (κ2) is 4.30. The second-order valence-corrected chi connectivity index (χ2v) is 6.52. The molecule has 0 aliphatic heterocycles. The Morgan fingerprint density at radius 1 is 1.06 bits per heavy atom. The van der Waals surface area contributed by atoms with E-state index in [0.29, 0.717) is 0 Å². The molecule has 2 heteroatoms. The summed E-state index contributed by atoms with van der Waals surface area (Å²) in [5.74, 6) is 4.38. The van der Waals surface area contributed by atoms with Crippen LogP contribution < -0.4 is 5.32 Å². The van der Waals surface area contributed by atoms with E-state index < -0.39 is 0 Å². The van der Waals surface area contributed by atoms with Gasteiger partial charge in [0.2, 0.25) is 0 Å². The maximum atomic E-state index is 3.82. The van der Waals surface area contributed by atoms with Gasteiger partial charge in [0.1, 0.15) is 0 Å². The Labute approximate surface area is 99.8 Å². The molecule has 16 heavy (non-hydrogen) atoms. The van der Waals surface area contributed by atoms with E-state index in [1.165, 1.54) is 32.4 Å². The van der Waals surface area contributed by atoms with E-state index in [-0.39, 0.29) is 0 Å². The van der Waals surface area contributed by atoms with Crippen molar-refractivity contribution in [1.82, 2.24) is 10.2 Å². The van der Waals surface area contributed by atoms with Crippen LogP contribution in [0.25, 0.3) is 0 Å². The molecule has 0 aromatic carbocycles. The van der Waals surface area contributed by atoms with E-state index in [1.54, 1.807) is 12.8 Å². The van der Waals surface area contributed by atoms with Gasteiger partial charge >= 0.3 is 0 Å². The van der Waals surface area contributed by atoms with Crippen LogP contribution in [-0.2, 0) is 0 Å². The number of hydrogen-bond donors (Lipinski definition) is 1. The summed E-state index contributed by atoms with van der Waals surface area (Å²) in [6.45, 7) is 2.36. The zero-order chi connectivity index (χ0) is 11.1. The highest BCUT2D eigenvalue weighted by atomic mass is 15.1. The van der Waals surface area contributed by atoms with Crippen LogP contribution in [0.3, 0.4) is 0 Å². The monoisotopic (exact) mass is 222 g/mol. The van der Waals surface area contributed by atoms with E-state index in [4.69, 9.17) is 0 Å². The SMILES string of the molecule is CN(C)CCNC1CC2CC1C1CCCC21. The van der Waals surface area contributed by atoms with Gasteiger partial charge in [-0.25, -0.2) is 0 Å². The molecule has 3 aliphatic rings. The van der Waals surface area contributed by atoms with Gasteiger partial charge in [0.15, 0.2) is 0 Å². The molecular formula is C14H26N2. The van der Waals surface area contributed by atoms with Gasteiger partial charge in [-0.2, -0.15) is 0 Å². The van der Waals surface area contributed by atoms with E-state index in [1.807, 2.05) is 0 Å². The molecule has 0 radical (unpaired) electrons. The predicted octanol–water partition coefficient (Wildman–Crippen LogP) is 1.96. The lowest BCUT2D eigenvalue weighted by Gasteiger charge is -2.32. The summed E-state index contributed by atoms with van der Waals surface area (Å²) in [6.07, 6.45) is 7.65. The lowest BCUT2D eigenvalue weighted by molar-refractivity contribution is 0.206. The molecule has 0 heterocycles. The van der Waals surface area contributed by atoms with Gasteiger partial charge in [0.05, 0.1) is 0 Å². The van der Waals surface area contributed by atoms with Crippen LogP contribution in [0, 0.1) is 23.7 Å². The minimum Gasteiger partial charge on any atom is -0.312 e. The van der Waals surface area contributed by atoms with Gasteiger partial charge in [-0.05, 0) is 63.5 Å². The van der Waals surface area contributed by atoms with Crippen LogP contribution in [0.5, 0.6) is 0 Å². The number of likely N-dealkylation sites (N-methyl/N-ethyl adjacent to an activating group) is 1. The lowest BCUT2D eigenvalue weighted by Crippen LogP contribution is -2.41. The van der Waals surface area contributed by atoms with Gasteiger partial charge in [-0.1, -0.05) is 6.42 Å². The van der Waals surface area contributed by atoms with Crippen molar-refractivity contribution in [3.05, 3.63) is 0 Å². The van der Waals surface area contributed by atoms with E-state index in [2.05, 4.69) is 24.3 Å². The number of nitrogens with zero attached hydrogens (tertiary/aromatic N) is 1. The average molecular weight is 222 g/mol. The predicted molar refractivity (Wildman–Crippen MR) is 67.4 cm³/mol. The van der Waals surface area contributed by atoms with Crippen LogP contribution in [-0.4, -0.2) is 38.1 Å². The Balaban J connectivity index is 1.52. The fourth-order valence-electron chi connectivity index (χ4n) is 4.78. The zero-order valence-electron chi connectivity index (χ0n) is 10.8. The molecule has 0 saturated heterocycles.